The smallest absolute Gasteiger partial charge is 0.271 e. The lowest BCUT2D eigenvalue weighted by Crippen LogP contribution is -2.20. The summed E-state index contributed by atoms with van der Waals surface area (Å²) in [6.45, 7) is -0.220. The molecule has 33 heavy (non-hydrogen) atoms. The second-order valence-corrected chi connectivity index (χ2v) is 7.77. The van der Waals surface area contributed by atoms with Gasteiger partial charge in [-0.25, -0.2) is 5.43 Å². The quantitative estimate of drug-likeness (QED) is 0.246. The monoisotopic (exact) mass is 530 g/mol. The minimum atomic E-state index is -0.545. The summed E-state index contributed by atoms with van der Waals surface area (Å²) in [7, 11) is 0. The van der Waals surface area contributed by atoms with Crippen LogP contribution in [0.4, 0.5) is 11.4 Å². The molecular formula is C22H16BrClN4O5. The Hall–Kier alpha value is -3.76. The van der Waals surface area contributed by atoms with E-state index in [1.807, 2.05) is 0 Å². The number of nitro groups is 1. The van der Waals surface area contributed by atoms with Gasteiger partial charge in [-0.2, -0.15) is 5.10 Å². The van der Waals surface area contributed by atoms with E-state index in [9.17, 15) is 19.7 Å². The van der Waals surface area contributed by atoms with E-state index >= 15 is 0 Å². The number of rotatable bonds is 8. The van der Waals surface area contributed by atoms with Gasteiger partial charge in [-0.3, -0.25) is 19.7 Å². The number of amides is 2. The molecule has 0 bridgehead atoms. The Bertz CT molecular complexity index is 1220. The number of nitro benzene ring substituents is 1. The zero-order valence-electron chi connectivity index (χ0n) is 16.8. The highest BCUT2D eigenvalue weighted by atomic mass is 79.9. The predicted molar refractivity (Wildman–Crippen MR) is 128 cm³/mol. The zero-order valence-corrected chi connectivity index (χ0v) is 19.2. The summed E-state index contributed by atoms with van der Waals surface area (Å²) in [5.41, 5.74) is 3.62. The van der Waals surface area contributed by atoms with Gasteiger partial charge in [-0.15, -0.1) is 0 Å². The first-order valence-electron chi connectivity index (χ1n) is 9.38. The van der Waals surface area contributed by atoms with Crippen LogP contribution in [0.15, 0.2) is 76.3 Å². The van der Waals surface area contributed by atoms with Gasteiger partial charge in [0.05, 0.1) is 26.3 Å². The third-order valence-electron chi connectivity index (χ3n) is 4.18. The molecule has 2 N–H and O–H groups in total. The summed E-state index contributed by atoms with van der Waals surface area (Å²) in [6, 6.07) is 17.1. The molecular weight excluding hydrogens is 516 g/mol. The van der Waals surface area contributed by atoms with Crippen molar-refractivity contribution in [2.45, 2.75) is 0 Å². The number of non-ortho nitro benzene ring substituents is 1. The number of hydrogen-bond donors (Lipinski definition) is 2. The van der Waals surface area contributed by atoms with Gasteiger partial charge in [0.2, 0.25) is 0 Å². The number of halogens is 2. The van der Waals surface area contributed by atoms with Gasteiger partial charge in [0, 0.05) is 17.7 Å². The largest absolute Gasteiger partial charge is 0.483 e. The topological polar surface area (TPSA) is 123 Å². The number of para-hydroxylation sites is 1. The molecule has 0 radical (unpaired) electrons. The molecule has 0 aromatic heterocycles. The summed E-state index contributed by atoms with van der Waals surface area (Å²) in [4.78, 5) is 34.3. The average Bonchev–Trinajstić information content (AvgIpc) is 2.80. The van der Waals surface area contributed by atoms with Crippen LogP contribution in [-0.4, -0.2) is 29.6 Å². The van der Waals surface area contributed by atoms with Crippen LogP contribution in [0.1, 0.15) is 15.9 Å². The minimum Gasteiger partial charge on any atom is -0.483 e. The SMILES string of the molecule is O=C(COc1ccc(/C=N/NC(=O)c2ccc([N+](=O)[O-])cc2)cc1Br)Nc1ccccc1Cl. The number of benzene rings is 3. The Morgan fingerprint density at radius 1 is 1.12 bits per heavy atom. The molecule has 0 atom stereocenters. The molecule has 0 aliphatic rings. The number of anilines is 1. The maximum Gasteiger partial charge on any atom is 0.271 e. The summed E-state index contributed by atoms with van der Waals surface area (Å²) in [5, 5.41) is 17.6. The van der Waals surface area contributed by atoms with E-state index in [1.165, 1.54) is 30.5 Å². The molecule has 0 aliphatic heterocycles. The Morgan fingerprint density at radius 2 is 1.85 bits per heavy atom. The van der Waals surface area contributed by atoms with Crippen LogP contribution < -0.4 is 15.5 Å². The van der Waals surface area contributed by atoms with Gasteiger partial charge >= 0.3 is 0 Å². The van der Waals surface area contributed by atoms with Gasteiger partial charge in [-0.1, -0.05) is 23.7 Å². The number of nitrogens with one attached hydrogen (secondary N) is 2. The van der Waals surface area contributed by atoms with E-state index in [1.54, 1.807) is 42.5 Å². The molecule has 2 amide bonds. The third-order valence-corrected chi connectivity index (χ3v) is 5.13. The fraction of sp³-hybridized carbons (Fsp3) is 0.0455. The molecule has 0 spiro atoms. The van der Waals surface area contributed by atoms with Crippen LogP contribution in [0.25, 0.3) is 0 Å². The maximum absolute atomic E-state index is 12.1. The lowest BCUT2D eigenvalue weighted by atomic mass is 10.2. The van der Waals surface area contributed by atoms with Crippen molar-refractivity contribution in [2.24, 2.45) is 5.10 Å². The average molecular weight is 532 g/mol. The molecule has 3 aromatic rings. The third kappa shape index (κ3) is 6.86. The van der Waals surface area contributed by atoms with Gasteiger partial charge in [0.15, 0.2) is 6.61 Å². The summed E-state index contributed by atoms with van der Waals surface area (Å²) in [6.07, 6.45) is 1.42. The van der Waals surface area contributed by atoms with Crippen molar-refractivity contribution in [3.63, 3.8) is 0 Å². The van der Waals surface area contributed by atoms with E-state index in [4.69, 9.17) is 16.3 Å². The van der Waals surface area contributed by atoms with E-state index in [0.717, 1.165) is 0 Å². The van der Waals surface area contributed by atoms with Crippen LogP contribution >= 0.6 is 27.5 Å². The van der Waals surface area contributed by atoms with Crippen LogP contribution in [-0.2, 0) is 4.79 Å². The molecule has 0 heterocycles. The van der Waals surface area contributed by atoms with Crippen molar-refractivity contribution in [1.29, 1.82) is 0 Å². The van der Waals surface area contributed by atoms with E-state index in [-0.39, 0.29) is 23.8 Å². The molecule has 0 unspecified atom stereocenters. The fourth-order valence-corrected chi connectivity index (χ4v) is 3.27. The van der Waals surface area contributed by atoms with Gasteiger partial charge in [-0.05, 0) is 64.0 Å². The molecule has 0 saturated carbocycles. The van der Waals surface area contributed by atoms with Gasteiger partial charge in [0.1, 0.15) is 5.75 Å². The Balaban J connectivity index is 1.52. The first-order chi connectivity index (χ1) is 15.8. The van der Waals surface area contributed by atoms with Crippen LogP contribution in [0.3, 0.4) is 0 Å². The highest BCUT2D eigenvalue weighted by Gasteiger charge is 2.10. The first kappa shape index (κ1) is 23.9. The van der Waals surface area contributed by atoms with Crippen molar-refractivity contribution in [2.75, 3.05) is 11.9 Å². The van der Waals surface area contributed by atoms with Gasteiger partial charge in [0.25, 0.3) is 17.5 Å². The van der Waals surface area contributed by atoms with Crippen LogP contribution in [0.5, 0.6) is 5.75 Å². The number of carbonyl (C=O) groups excluding carboxylic acids is 2. The number of hydrogen-bond acceptors (Lipinski definition) is 6. The highest BCUT2D eigenvalue weighted by Crippen LogP contribution is 2.26. The molecule has 9 nitrogen and oxygen atoms in total. The Labute approximate surface area is 201 Å². The lowest BCUT2D eigenvalue weighted by molar-refractivity contribution is -0.384. The molecule has 0 aliphatic carbocycles. The maximum atomic E-state index is 12.1. The molecule has 3 rings (SSSR count). The van der Waals surface area contributed by atoms with Crippen molar-refractivity contribution in [3.05, 3.63) is 97.5 Å². The zero-order chi connectivity index (χ0) is 23.8. The first-order valence-corrected chi connectivity index (χ1v) is 10.5. The van der Waals surface area contributed by atoms with Crippen molar-refractivity contribution >= 4 is 56.9 Å². The molecule has 3 aromatic carbocycles. The second kappa shape index (κ2) is 11.2. The van der Waals surface area contributed by atoms with E-state index < -0.39 is 10.8 Å². The second-order valence-electron chi connectivity index (χ2n) is 6.51. The normalized spacial score (nSPS) is 10.6. The molecule has 0 saturated heterocycles. The van der Waals surface area contributed by atoms with Gasteiger partial charge < -0.3 is 10.1 Å². The molecule has 0 fully saturated rings. The summed E-state index contributed by atoms with van der Waals surface area (Å²) < 4.78 is 6.11. The standard InChI is InChI=1S/C22H16BrClN4O5/c23-17-11-14(12-25-27-22(30)15-6-8-16(9-7-15)28(31)32)5-10-20(17)33-13-21(29)26-19-4-2-1-3-18(19)24/h1-12H,13H2,(H,26,29)(H,27,30)/b25-12+. The number of hydrazone groups is 1. The van der Waals surface area contributed by atoms with Crippen LogP contribution in [0, 0.1) is 10.1 Å². The molecule has 11 heteroatoms. The molecule has 168 valence electrons. The Morgan fingerprint density at radius 3 is 2.52 bits per heavy atom. The lowest BCUT2D eigenvalue weighted by Gasteiger charge is -2.10. The summed E-state index contributed by atoms with van der Waals surface area (Å²) >= 11 is 9.39. The van der Waals surface area contributed by atoms with Crippen LogP contribution in [0.2, 0.25) is 5.02 Å². The number of carbonyl (C=O) groups is 2. The van der Waals surface area contributed by atoms with Crippen molar-refractivity contribution < 1.29 is 19.2 Å². The van der Waals surface area contributed by atoms with Crippen molar-refractivity contribution in [3.8, 4) is 5.75 Å². The predicted octanol–water partition coefficient (Wildman–Crippen LogP) is 4.79. The van der Waals surface area contributed by atoms with E-state index in [0.29, 0.717) is 26.5 Å². The fourth-order valence-electron chi connectivity index (χ4n) is 2.57. The summed E-state index contributed by atoms with van der Waals surface area (Å²) in [5.74, 6) is -0.435. The highest BCUT2D eigenvalue weighted by molar-refractivity contribution is 9.10. The number of ether oxygens (including phenoxy) is 1. The Kier molecular flexibility index (Phi) is 8.11. The van der Waals surface area contributed by atoms with E-state index in [2.05, 4.69) is 31.8 Å². The number of nitrogens with zero attached hydrogens (tertiary/aromatic N) is 2. The van der Waals surface area contributed by atoms with Crippen molar-refractivity contribution in [1.82, 2.24) is 5.43 Å². The minimum absolute atomic E-state index is 0.108.